The van der Waals surface area contributed by atoms with Gasteiger partial charge in [-0.1, -0.05) is 35.9 Å². The number of carbonyl (C=O) groups is 1. The van der Waals surface area contributed by atoms with Crippen LogP contribution in [0.25, 0.3) is 26.2 Å². The van der Waals surface area contributed by atoms with E-state index in [2.05, 4.69) is 36.5 Å². The van der Waals surface area contributed by atoms with Crippen LogP contribution in [0.1, 0.15) is 27.2 Å². The van der Waals surface area contributed by atoms with Crippen LogP contribution in [0.5, 0.6) is 5.75 Å². The molecule has 0 aliphatic carbocycles. The number of carboxylic acid groups (broad SMARTS) is 1. The smallest absolute Gasteiger partial charge is 0.337 e. The van der Waals surface area contributed by atoms with Gasteiger partial charge in [0.25, 0.3) is 0 Å². The van der Waals surface area contributed by atoms with Gasteiger partial charge in [0.05, 0.1) is 35.3 Å². The van der Waals surface area contributed by atoms with Crippen molar-refractivity contribution < 1.29 is 14.6 Å². The van der Waals surface area contributed by atoms with E-state index in [0.29, 0.717) is 17.3 Å². The highest BCUT2D eigenvalue weighted by atomic mass is 32.1. The van der Waals surface area contributed by atoms with Gasteiger partial charge < -0.3 is 15.2 Å². The molecule has 3 aromatic carbocycles. The number of nitrogens with zero attached hydrogens (tertiary/aromatic N) is 2. The molecule has 2 N–H and O–H groups in total. The number of carboxylic acids is 1. The Hall–Kier alpha value is -4.10. The van der Waals surface area contributed by atoms with E-state index in [1.807, 2.05) is 42.8 Å². The third-order valence-corrected chi connectivity index (χ3v) is 7.17. The average Bonchev–Trinajstić information content (AvgIpc) is 3.39. The zero-order chi connectivity index (χ0) is 24.7. The van der Waals surface area contributed by atoms with Crippen LogP contribution in [-0.2, 0) is 0 Å². The van der Waals surface area contributed by atoms with Crippen LogP contribution in [0.2, 0.25) is 0 Å². The quantitative estimate of drug-likeness (QED) is 0.269. The van der Waals surface area contributed by atoms with Gasteiger partial charge in [-0.05, 0) is 68.1 Å². The summed E-state index contributed by atoms with van der Waals surface area (Å²) >= 11 is 1.70. The third-order valence-electron chi connectivity index (χ3n) is 6.03. The van der Waals surface area contributed by atoms with Crippen LogP contribution in [0.4, 0.5) is 11.5 Å². The van der Waals surface area contributed by atoms with Crippen LogP contribution in [-0.4, -0.2) is 28.0 Å². The van der Waals surface area contributed by atoms with Crippen molar-refractivity contribution in [3.63, 3.8) is 0 Å². The molecule has 2 aromatic heterocycles. The zero-order valence-corrected chi connectivity index (χ0v) is 20.7. The normalized spacial score (nSPS) is 11.1. The third kappa shape index (κ3) is 4.15. The van der Waals surface area contributed by atoms with Crippen molar-refractivity contribution >= 4 is 38.9 Å². The molecule has 2 heterocycles. The summed E-state index contributed by atoms with van der Waals surface area (Å²) in [6.07, 6.45) is 0. The van der Waals surface area contributed by atoms with E-state index in [-0.39, 0.29) is 5.56 Å². The maximum absolute atomic E-state index is 12.1. The Morgan fingerprint density at radius 3 is 2.57 bits per heavy atom. The first-order chi connectivity index (χ1) is 16.9. The molecule has 0 saturated carbocycles. The number of thiophene rings is 1. The van der Waals surface area contributed by atoms with Gasteiger partial charge in [0.1, 0.15) is 11.6 Å². The Morgan fingerprint density at radius 1 is 1.03 bits per heavy atom. The van der Waals surface area contributed by atoms with E-state index in [9.17, 15) is 9.90 Å². The molecule has 0 aliphatic heterocycles. The van der Waals surface area contributed by atoms with E-state index < -0.39 is 5.97 Å². The minimum Gasteiger partial charge on any atom is -0.497 e. The number of hydrogen-bond acceptors (Lipinski definition) is 5. The lowest BCUT2D eigenvalue weighted by molar-refractivity contribution is 0.0697. The molecule has 0 aliphatic rings. The number of anilines is 2. The molecule has 5 rings (SSSR count). The van der Waals surface area contributed by atoms with Crippen LogP contribution < -0.4 is 10.1 Å². The van der Waals surface area contributed by atoms with Gasteiger partial charge in [-0.3, -0.25) is 0 Å². The second kappa shape index (κ2) is 8.92. The Bertz CT molecular complexity index is 1580. The Balaban J connectivity index is 1.75. The number of hydrogen-bond donors (Lipinski definition) is 2. The minimum atomic E-state index is -1.04. The van der Waals surface area contributed by atoms with Crippen molar-refractivity contribution in [1.82, 2.24) is 9.78 Å². The molecule has 0 saturated heterocycles. The summed E-state index contributed by atoms with van der Waals surface area (Å²) in [6.45, 7) is 6.10. The topological polar surface area (TPSA) is 76.4 Å². The standard InChI is InChI=1S/C28H25N3O3S/c1-16-9-12-24-19(13-16)14-25(35-24)26-18(3)30-31(23-8-6-5-7-17(23)2)27(26)29-22-11-10-20(34-4)15-21(22)28(32)33/h5-15,29H,1-4H3,(H,32,33). The van der Waals surface area contributed by atoms with Gasteiger partial charge in [-0.25, -0.2) is 9.48 Å². The van der Waals surface area contributed by atoms with E-state index in [0.717, 1.165) is 27.4 Å². The molecule has 0 fully saturated rings. The number of aromatic carboxylic acids is 1. The lowest BCUT2D eigenvalue weighted by Crippen LogP contribution is -2.08. The maximum atomic E-state index is 12.1. The van der Waals surface area contributed by atoms with Gasteiger partial charge in [0.15, 0.2) is 0 Å². The van der Waals surface area contributed by atoms with E-state index in [1.165, 1.54) is 28.8 Å². The second-order valence-corrected chi connectivity index (χ2v) is 9.58. The number of nitrogens with one attached hydrogen (secondary N) is 1. The van der Waals surface area contributed by atoms with Crippen molar-refractivity contribution in [2.24, 2.45) is 0 Å². The van der Waals surface area contributed by atoms with Crippen LogP contribution >= 0.6 is 11.3 Å². The van der Waals surface area contributed by atoms with E-state index in [1.54, 1.807) is 23.5 Å². The lowest BCUT2D eigenvalue weighted by atomic mass is 10.1. The van der Waals surface area contributed by atoms with Crippen molar-refractivity contribution in [2.45, 2.75) is 20.8 Å². The molecule has 35 heavy (non-hydrogen) atoms. The highest BCUT2D eigenvalue weighted by Gasteiger charge is 2.23. The first-order valence-corrected chi connectivity index (χ1v) is 12.0. The summed E-state index contributed by atoms with van der Waals surface area (Å²) in [5, 5.41) is 19.4. The van der Waals surface area contributed by atoms with Crippen LogP contribution in [0, 0.1) is 20.8 Å². The van der Waals surface area contributed by atoms with E-state index in [4.69, 9.17) is 9.84 Å². The van der Waals surface area contributed by atoms with Crippen molar-refractivity contribution in [1.29, 1.82) is 0 Å². The molecule has 7 heteroatoms. The highest BCUT2D eigenvalue weighted by molar-refractivity contribution is 7.22. The van der Waals surface area contributed by atoms with E-state index >= 15 is 0 Å². The molecule has 5 aromatic rings. The number of rotatable bonds is 6. The molecule has 0 unspecified atom stereocenters. The largest absolute Gasteiger partial charge is 0.497 e. The molecule has 176 valence electrons. The van der Waals surface area contributed by atoms with Gasteiger partial charge in [0.2, 0.25) is 0 Å². The molecule has 0 bridgehead atoms. The summed E-state index contributed by atoms with van der Waals surface area (Å²) in [7, 11) is 1.52. The predicted octanol–water partition coefficient (Wildman–Crippen LogP) is 7.13. The van der Waals surface area contributed by atoms with Gasteiger partial charge >= 0.3 is 5.97 Å². The Kier molecular flexibility index (Phi) is 5.78. The highest BCUT2D eigenvalue weighted by Crippen LogP contribution is 2.42. The Labute approximate surface area is 207 Å². The number of aromatic nitrogens is 2. The average molecular weight is 484 g/mol. The number of methoxy groups -OCH3 is 1. The summed E-state index contributed by atoms with van der Waals surface area (Å²) in [4.78, 5) is 13.1. The molecule has 6 nitrogen and oxygen atoms in total. The summed E-state index contributed by atoms with van der Waals surface area (Å²) in [5.41, 5.74) is 5.57. The number of benzene rings is 3. The monoisotopic (exact) mass is 483 g/mol. The van der Waals surface area contributed by atoms with Crippen molar-refractivity contribution in [3.8, 4) is 21.9 Å². The first-order valence-electron chi connectivity index (χ1n) is 11.2. The number of para-hydroxylation sites is 1. The summed E-state index contributed by atoms with van der Waals surface area (Å²) < 4.78 is 8.31. The number of aryl methyl sites for hydroxylation is 3. The molecular weight excluding hydrogens is 458 g/mol. The predicted molar refractivity (Wildman–Crippen MR) is 142 cm³/mol. The van der Waals surface area contributed by atoms with Crippen LogP contribution in [0.15, 0.2) is 66.7 Å². The summed E-state index contributed by atoms with van der Waals surface area (Å²) in [5.74, 6) is 0.161. The first kappa shape index (κ1) is 22.7. The fourth-order valence-corrected chi connectivity index (χ4v) is 5.40. The second-order valence-electron chi connectivity index (χ2n) is 8.50. The Morgan fingerprint density at radius 2 is 1.83 bits per heavy atom. The molecular formula is C28H25N3O3S. The van der Waals surface area contributed by atoms with Gasteiger partial charge in [-0.15, -0.1) is 11.3 Å². The van der Waals surface area contributed by atoms with Gasteiger partial charge in [-0.2, -0.15) is 5.10 Å². The number of fused-ring (bicyclic) bond motifs is 1. The lowest BCUT2D eigenvalue weighted by Gasteiger charge is -2.15. The molecule has 0 radical (unpaired) electrons. The minimum absolute atomic E-state index is 0.123. The summed E-state index contributed by atoms with van der Waals surface area (Å²) in [6, 6.07) is 21.6. The zero-order valence-electron chi connectivity index (χ0n) is 19.9. The van der Waals surface area contributed by atoms with Gasteiger partial charge in [0, 0.05) is 9.58 Å². The van der Waals surface area contributed by atoms with Crippen molar-refractivity contribution in [3.05, 3.63) is 89.1 Å². The molecule has 0 spiro atoms. The molecule has 0 atom stereocenters. The molecule has 0 amide bonds. The SMILES string of the molecule is COc1ccc(Nc2c(-c3cc4cc(C)ccc4s3)c(C)nn2-c2ccccc2C)c(C(=O)O)c1. The fraction of sp³-hybridized carbons (Fsp3) is 0.143. The number of ether oxygens (including phenoxy) is 1. The fourth-order valence-electron chi connectivity index (χ4n) is 4.26. The maximum Gasteiger partial charge on any atom is 0.337 e. The van der Waals surface area contributed by atoms with Crippen molar-refractivity contribution in [2.75, 3.05) is 12.4 Å². The van der Waals surface area contributed by atoms with Crippen LogP contribution in [0.3, 0.4) is 0 Å².